The Morgan fingerprint density at radius 3 is 2.73 bits per heavy atom. The van der Waals surface area contributed by atoms with Crippen molar-refractivity contribution in [1.29, 1.82) is 0 Å². The Labute approximate surface area is 130 Å². The average Bonchev–Trinajstić information content (AvgIpc) is 3.16. The van der Waals surface area contributed by atoms with Crippen LogP contribution in [0.5, 0.6) is 0 Å². The van der Waals surface area contributed by atoms with Gasteiger partial charge in [-0.15, -0.1) is 0 Å². The van der Waals surface area contributed by atoms with E-state index in [0.717, 1.165) is 24.9 Å². The minimum atomic E-state index is -0.0889. The molecule has 118 valence electrons. The molecule has 0 bridgehead atoms. The van der Waals surface area contributed by atoms with Crippen molar-refractivity contribution in [2.45, 2.75) is 25.3 Å². The van der Waals surface area contributed by atoms with Crippen molar-refractivity contribution in [3.8, 4) is 0 Å². The van der Waals surface area contributed by atoms with Crippen LogP contribution in [0.1, 0.15) is 29.6 Å². The summed E-state index contributed by atoms with van der Waals surface area (Å²) in [5.41, 5.74) is 7.18. The van der Waals surface area contributed by atoms with Gasteiger partial charge in [-0.2, -0.15) is 0 Å². The zero-order chi connectivity index (χ0) is 15.5. The van der Waals surface area contributed by atoms with E-state index in [1.54, 1.807) is 17.0 Å². The van der Waals surface area contributed by atoms with E-state index in [1.807, 2.05) is 12.1 Å². The highest BCUT2D eigenvalue weighted by Gasteiger charge is 2.27. The summed E-state index contributed by atoms with van der Waals surface area (Å²) < 4.78 is 0. The molecule has 2 atom stereocenters. The molecule has 1 aliphatic carbocycles. The molecule has 3 rings (SSSR count). The maximum absolute atomic E-state index is 12.3. The first-order valence-electron chi connectivity index (χ1n) is 7.85. The van der Waals surface area contributed by atoms with Crippen LogP contribution in [0.15, 0.2) is 24.3 Å². The van der Waals surface area contributed by atoms with Crippen LogP contribution in [-0.4, -0.2) is 37.6 Å². The van der Waals surface area contributed by atoms with Crippen molar-refractivity contribution in [1.82, 2.24) is 10.6 Å². The topological polar surface area (TPSA) is 87.5 Å². The van der Waals surface area contributed by atoms with Gasteiger partial charge in [-0.3, -0.25) is 9.69 Å². The molecular weight excluding hydrogens is 280 g/mol. The summed E-state index contributed by atoms with van der Waals surface area (Å²) >= 11 is 0. The first-order valence-corrected chi connectivity index (χ1v) is 7.85. The van der Waals surface area contributed by atoms with Gasteiger partial charge in [0.05, 0.1) is 0 Å². The van der Waals surface area contributed by atoms with Crippen molar-refractivity contribution < 1.29 is 9.59 Å². The molecule has 6 heteroatoms. The smallest absolute Gasteiger partial charge is 0.321 e. The lowest BCUT2D eigenvalue weighted by Crippen LogP contribution is -2.39. The number of benzene rings is 1. The van der Waals surface area contributed by atoms with Gasteiger partial charge in [0.15, 0.2) is 0 Å². The number of carbonyl (C=O) groups excluding carboxylic acids is 2. The third-order valence-electron chi connectivity index (χ3n) is 4.58. The van der Waals surface area contributed by atoms with E-state index in [-0.39, 0.29) is 18.0 Å². The van der Waals surface area contributed by atoms with Gasteiger partial charge in [0.1, 0.15) is 0 Å². The normalized spacial score (nSPS) is 24.4. The Bertz CT molecular complexity index is 558. The number of anilines is 1. The molecule has 0 spiro atoms. The van der Waals surface area contributed by atoms with E-state index in [4.69, 9.17) is 5.73 Å². The summed E-state index contributed by atoms with van der Waals surface area (Å²) in [6, 6.07) is 7.25. The molecule has 4 N–H and O–H groups in total. The van der Waals surface area contributed by atoms with E-state index in [1.165, 1.54) is 0 Å². The lowest BCUT2D eigenvalue weighted by atomic mass is 10.0. The summed E-state index contributed by atoms with van der Waals surface area (Å²) in [6.07, 6.45) is 3.21. The maximum Gasteiger partial charge on any atom is 0.321 e. The van der Waals surface area contributed by atoms with Gasteiger partial charge >= 0.3 is 6.03 Å². The first kappa shape index (κ1) is 14.8. The van der Waals surface area contributed by atoms with E-state index >= 15 is 0 Å². The third kappa shape index (κ3) is 2.92. The molecule has 1 saturated heterocycles. The molecule has 2 aliphatic rings. The number of nitrogens with two attached hydrogens (primary N) is 1. The highest BCUT2D eigenvalue weighted by Crippen LogP contribution is 2.25. The lowest BCUT2D eigenvalue weighted by molar-refractivity contribution is 0.0929. The molecular formula is C16H22N4O2. The molecule has 1 aromatic rings. The molecule has 1 aliphatic heterocycles. The SMILES string of the molecule is NCC1CCCC1NC(=O)c1ccc(N2CCNC2=O)cc1. The highest BCUT2D eigenvalue weighted by molar-refractivity contribution is 5.97. The quantitative estimate of drug-likeness (QED) is 0.777. The minimum absolute atomic E-state index is 0.0669. The second kappa shape index (κ2) is 6.36. The summed E-state index contributed by atoms with van der Waals surface area (Å²) in [5, 5.41) is 5.84. The maximum atomic E-state index is 12.3. The Hall–Kier alpha value is -2.08. The summed E-state index contributed by atoms with van der Waals surface area (Å²) in [6.45, 7) is 1.93. The van der Waals surface area contributed by atoms with Gasteiger partial charge in [0.2, 0.25) is 0 Å². The predicted molar refractivity (Wildman–Crippen MR) is 84.8 cm³/mol. The molecule has 0 radical (unpaired) electrons. The van der Waals surface area contributed by atoms with Crippen molar-refractivity contribution >= 4 is 17.6 Å². The van der Waals surface area contributed by atoms with Crippen LogP contribution in [0.2, 0.25) is 0 Å². The number of rotatable bonds is 4. The Balaban J connectivity index is 1.65. The van der Waals surface area contributed by atoms with Crippen molar-refractivity contribution in [3.05, 3.63) is 29.8 Å². The van der Waals surface area contributed by atoms with Crippen LogP contribution in [0.25, 0.3) is 0 Å². The number of nitrogens with zero attached hydrogens (tertiary/aromatic N) is 1. The Morgan fingerprint density at radius 1 is 1.32 bits per heavy atom. The molecule has 0 aromatic heterocycles. The van der Waals surface area contributed by atoms with Crippen LogP contribution in [0.3, 0.4) is 0 Å². The van der Waals surface area contributed by atoms with Crippen molar-refractivity contribution in [2.24, 2.45) is 11.7 Å². The molecule has 22 heavy (non-hydrogen) atoms. The van der Waals surface area contributed by atoms with E-state index in [0.29, 0.717) is 31.1 Å². The lowest BCUT2D eigenvalue weighted by Gasteiger charge is -2.20. The fraction of sp³-hybridized carbons (Fsp3) is 0.500. The van der Waals surface area contributed by atoms with Gasteiger partial charge in [-0.25, -0.2) is 4.79 Å². The number of hydrogen-bond donors (Lipinski definition) is 3. The fourth-order valence-electron chi connectivity index (χ4n) is 3.27. The van der Waals surface area contributed by atoms with Gasteiger partial charge in [-0.1, -0.05) is 6.42 Å². The van der Waals surface area contributed by atoms with Crippen LogP contribution in [0, 0.1) is 5.92 Å². The molecule has 1 saturated carbocycles. The highest BCUT2D eigenvalue weighted by atomic mass is 16.2. The summed E-state index contributed by atoms with van der Waals surface area (Å²) in [4.78, 5) is 25.6. The van der Waals surface area contributed by atoms with Crippen molar-refractivity contribution in [3.63, 3.8) is 0 Å². The van der Waals surface area contributed by atoms with Crippen LogP contribution >= 0.6 is 0 Å². The number of amides is 3. The van der Waals surface area contributed by atoms with Crippen LogP contribution in [-0.2, 0) is 0 Å². The van der Waals surface area contributed by atoms with Crippen LogP contribution in [0.4, 0.5) is 10.5 Å². The van der Waals surface area contributed by atoms with E-state index in [2.05, 4.69) is 10.6 Å². The van der Waals surface area contributed by atoms with E-state index in [9.17, 15) is 9.59 Å². The van der Waals surface area contributed by atoms with E-state index < -0.39 is 0 Å². The van der Waals surface area contributed by atoms with Gasteiger partial charge < -0.3 is 16.4 Å². The summed E-state index contributed by atoms with van der Waals surface area (Å²) in [7, 11) is 0. The Kier molecular flexibility index (Phi) is 4.29. The minimum Gasteiger partial charge on any atom is -0.349 e. The second-order valence-corrected chi connectivity index (χ2v) is 5.94. The Morgan fingerprint density at radius 2 is 2.09 bits per heavy atom. The largest absolute Gasteiger partial charge is 0.349 e. The standard InChI is InChI=1S/C16H22N4O2/c17-10-12-2-1-3-14(12)19-15(21)11-4-6-13(7-5-11)20-9-8-18-16(20)22/h4-7,12,14H,1-3,8-10,17H2,(H,18,22)(H,19,21). The third-order valence-corrected chi connectivity index (χ3v) is 4.58. The summed E-state index contributed by atoms with van der Waals surface area (Å²) in [5.74, 6) is 0.319. The van der Waals surface area contributed by atoms with Crippen LogP contribution < -0.4 is 21.3 Å². The van der Waals surface area contributed by atoms with Gasteiger partial charge in [-0.05, 0) is 49.6 Å². The predicted octanol–water partition coefficient (Wildman–Crippen LogP) is 1.07. The second-order valence-electron chi connectivity index (χ2n) is 5.94. The molecule has 1 aromatic carbocycles. The monoisotopic (exact) mass is 302 g/mol. The number of carbonyl (C=O) groups is 2. The van der Waals surface area contributed by atoms with Gasteiger partial charge in [0.25, 0.3) is 5.91 Å². The molecule has 6 nitrogen and oxygen atoms in total. The molecule has 2 unspecified atom stereocenters. The zero-order valence-corrected chi connectivity index (χ0v) is 12.5. The van der Waals surface area contributed by atoms with Crippen molar-refractivity contribution in [2.75, 3.05) is 24.5 Å². The zero-order valence-electron chi connectivity index (χ0n) is 12.5. The molecule has 1 heterocycles. The molecule has 2 fully saturated rings. The molecule has 3 amide bonds. The fourth-order valence-corrected chi connectivity index (χ4v) is 3.27. The van der Waals surface area contributed by atoms with Gasteiger partial charge in [0, 0.05) is 30.4 Å². The number of nitrogens with one attached hydrogen (secondary N) is 2. The number of hydrogen-bond acceptors (Lipinski definition) is 3. The average molecular weight is 302 g/mol. The first-order chi connectivity index (χ1) is 10.7. The number of urea groups is 1.